The van der Waals surface area contributed by atoms with Crippen LogP contribution in [0.3, 0.4) is 0 Å². The quantitative estimate of drug-likeness (QED) is 0.646. The summed E-state index contributed by atoms with van der Waals surface area (Å²) >= 11 is 6.15. The van der Waals surface area contributed by atoms with E-state index in [2.05, 4.69) is 10.4 Å². The van der Waals surface area contributed by atoms with Gasteiger partial charge in [0.1, 0.15) is 0 Å². The molecule has 3 rings (SSSR count). The van der Waals surface area contributed by atoms with Gasteiger partial charge in [-0.05, 0) is 25.3 Å². The van der Waals surface area contributed by atoms with Gasteiger partial charge in [0.15, 0.2) is 0 Å². The third-order valence-corrected chi connectivity index (χ3v) is 4.38. The highest BCUT2D eigenvalue weighted by molar-refractivity contribution is 6.33. The Morgan fingerprint density at radius 1 is 1.52 bits per heavy atom. The summed E-state index contributed by atoms with van der Waals surface area (Å²) in [6, 6.07) is 4.48. The third-order valence-electron chi connectivity index (χ3n) is 4.07. The van der Waals surface area contributed by atoms with Crippen LogP contribution in [0.15, 0.2) is 24.4 Å². The van der Waals surface area contributed by atoms with Crippen LogP contribution in [0.2, 0.25) is 5.02 Å². The zero-order valence-corrected chi connectivity index (χ0v) is 13.2. The van der Waals surface area contributed by atoms with Gasteiger partial charge in [-0.25, -0.2) is 0 Å². The summed E-state index contributed by atoms with van der Waals surface area (Å²) in [5, 5.41) is 27.9. The number of hydrogen-bond acceptors (Lipinski definition) is 5. The van der Waals surface area contributed by atoms with Gasteiger partial charge in [0.25, 0.3) is 5.69 Å². The van der Waals surface area contributed by atoms with Crippen LogP contribution in [0.1, 0.15) is 30.1 Å². The first-order chi connectivity index (χ1) is 11.1. The van der Waals surface area contributed by atoms with Gasteiger partial charge in [-0.1, -0.05) is 11.6 Å². The largest absolute Gasteiger partial charge is 0.394 e. The van der Waals surface area contributed by atoms with Crippen molar-refractivity contribution in [1.29, 1.82) is 0 Å². The molecular weight excluding hydrogens is 320 g/mol. The molecule has 2 aromatic rings. The summed E-state index contributed by atoms with van der Waals surface area (Å²) in [6.45, 7) is 0.542. The zero-order valence-electron chi connectivity index (χ0n) is 12.4. The van der Waals surface area contributed by atoms with Gasteiger partial charge < -0.3 is 10.4 Å². The molecule has 0 fully saturated rings. The van der Waals surface area contributed by atoms with E-state index in [4.69, 9.17) is 16.7 Å². The van der Waals surface area contributed by atoms with E-state index >= 15 is 0 Å². The van der Waals surface area contributed by atoms with Crippen LogP contribution in [0, 0.1) is 10.1 Å². The molecule has 1 heterocycles. The van der Waals surface area contributed by atoms with Crippen LogP contribution in [0.25, 0.3) is 0 Å². The monoisotopic (exact) mass is 336 g/mol. The van der Waals surface area contributed by atoms with E-state index in [-0.39, 0.29) is 18.3 Å². The van der Waals surface area contributed by atoms with E-state index in [0.29, 0.717) is 17.3 Å². The molecule has 1 aliphatic rings. The second-order valence-electron chi connectivity index (χ2n) is 5.50. The number of nitrogens with zero attached hydrogens (tertiary/aromatic N) is 3. The van der Waals surface area contributed by atoms with Crippen molar-refractivity contribution in [3.8, 4) is 0 Å². The Hall–Kier alpha value is -2.12. The number of hydrogen-bond donors (Lipinski definition) is 2. The summed E-state index contributed by atoms with van der Waals surface area (Å²) in [7, 11) is 0. The van der Waals surface area contributed by atoms with Crippen molar-refractivity contribution in [3.05, 3.63) is 50.8 Å². The highest BCUT2D eigenvalue weighted by atomic mass is 35.5. The average Bonchev–Trinajstić information content (AvgIpc) is 2.94. The van der Waals surface area contributed by atoms with E-state index < -0.39 is 4.92 Å². The van der Waals surface area contributed by atoms with E-state index in [1.165, 1.54) is 12.1 Å². The number of non-ortho nitro benzene ring substituents is 1. The fraction of sp³-hybridized carbons (Fsp3) is 0.400. The number of nitro groups is 1. The third kappa shape index (κ3) is 3.16. The van der Waals surface area contributed by atoms with Gasteiger partial charge >= 0.3 is 0 Å². The van der Waals surface area contributed by atoms with E-state index in [9.17, 15) is 10.1 Å². The average molecular weight is 337 g/mol. The molecule has 0 amide bonds. The second kappa shape index (κ2) is 6.55. The van der Waals surface area contributed by atoms with Crippen molar-refractivity contribution >= 4 is 23.0 Å². The van der Waals surface area contributed by atoms with Crippen molar-refractivity contribution in [3.63, 3.8) is 0 Å². The molecule has 1 atom stereocenters. The molecule has 2 N–H and O–H groups in total. The molecule has 1 aromatic heterocycles. The minimum atomic E-state index is -0.465. The standard InChI is InChI=1S/C15H17ClN4O3/c16-12-8-10(20(22)23)4-5-14(12)18-13-2-1-3-15-11(13)9-17-19(15)6-7-21/h4-5,8-9,13,18,21H,1-3,6-7H2. The molecule has 1 aromatic carbocycles. The first-order valence-corrected chi connectivity index (χ1v) is 7.84. The zero-order chi connectivity index (χ0) is 16.4. The van der Waals surface area contributed by atoms with Crippen molar-refractivity contribution in [2.45, 2.75) is 31.8 Å². The molecular formula is C15H17ClN4O3. The maximum absolute atomic E-state index is 10.8. The van der Waals surface area contributed by atoms with Gasteiger partial charge in [-0.2, -0.15) is 5.10 Å². The molecule has 8 heteroatoms. The number of halogens is 1. The number of nitro benzene ring substituents is 1. The van der Waals surface area contributed by atoms with Crippen LogP contribution in [-0.4, -0.2) is 26.4 Å². The highest BCUT2D eigenvalue weighted by Gasteiger charge is 2.24. The van der Waals surface area contributed by atoms with Gasteiger partial charge in [0.05, 0.1) is 41.0 Å². The molecule has 1 unspecified atom stereocenters. The summed E-state index contributed by atoms with van der Waals surface area (Å²) in [6.07, 6.45) is 4.69. The fourth-order valence-electron chi connectivity index (χ4n) is 2.98. The van der Waals surface area contributed by atoms with Crippen LogP contribution in [0.4, 0.5) is 11.4 Å². The normalized spacial score (nSPS) is 16.9. The van der Waals surface area contributed by atoms with E-state index in [0.717, 1.165) is 30.5 Å². The van der Waals surface area contributed by atoms with Gasteiger partial charge in [-0.3, -0.25) is 14.8 Å². The van der Waals surface area contributed by atoms with Crippen molar-refractivity contribution in [1.82, 2.24) is 9.78 Å². The lowest BCUT2D eigenvalue weighted by molar-refractivity contribution is -0.384. The SMILES string of the molecule is O=[N+]([O-])c1ccc(NC2CCCc3c2cnn3CCO)c(Cl)c1. The molecule has 0 bridgehead atoms. The van der Waals surface area contributed by atoms with Gasteiger partial charge in [-0.15, -0.1) is 0 Å². The van der Waals surface area contributed by atoms with E-state index in [1.54, 1.807) is 6.07 Å². The van der Waals surface area contributed by atoms with E-state index in [1.807, 2.05) is 10.9 Å². The van der Waals surface area contributed by atoms with Gasteiger partial charge in [0.2, 0.25) is 0 Å². The van der Waals surface area contributed by atoms with Crippen molar-refractivity contribution in [2.24, 2.45) is 0 Å². The van der Waals surface area contributed by atoms with Crippen LogP contribution in [0.5, 0.6) is 0 Å². The summed E-state index contributed by atoms with van der Waals surface area (Å²) in [5.74, 6) is 0. The predicted octanol–water partition coefficient (Wildman–Crippen LogP) is 2.93. The molecule has 0 spiro atoms. The van der Waals surface area contributed by atoms with Crippen LogP contribution < -0.4 is 5.32 Å². The lowest BCUT2D eigenvalue weighted by atomic mass is 9.92. The number of aliphatic hydroxyl groups is 1. The summed E-state index contributed by atoms with van der Waals surface area (Å²) in [5.41, 5.74) is 2.87. The van der Waals surface area contributed by atoms with Gasteiger partial charge in [0, 0.05) is 23.4 Å². The molecule has 1 aliphatic carbocycles. The minimum absolute atomic E-state index is 0.0272. The molecule has 7 nitrogen and oxygen atoms in total. The maximum Gasteiger partial charge on any atom is 0.271 e. The van der Waals surface area contributed by atoms with Crippen molar-refractivity contribution in [2.75, 3.05) is 11.9 Å². The number of fused-ring (bicyclic) bond motifs is 1. The topological polar surface area (TPSA) is 93.2 Å². The molecule has 0 saturated heterocycles. The molecule has 122 valence electrons. The van der Waals surface area contributed by atoms with Crippen LogP contribution in [-0.2, 0) is 13.0 Å². The number of anilines is 1. The number of aromatic nitrogens is 2. The molecule has 23 heavy (non-hydrogen) atoms. The molecule has 0 aliphatic heterocycles. The predicted molar refractivity (Wildman–Crippen MR) is 86.7 cm³/mol. The lowest BCUT2D eigenvalue weighted by Crippen LogP contribution is -2.19. The fourth-order valence-corrected chi connectivity index (χ4v) is 3.21. The summed E-state index contributed by atoms with van der Waals surface area (Å²) in [4.78, 5) is 10.3. The Balaban J connectivity index is 1.84. The van der Waals surface area contributed by atoms with Crippen molar-refractivity contribution < 1.29 is 10.0 Å². The second-order valence-corrected chi connectivity index (χ2v) is 5.91. The Morgan fingerprint density at radius 3 is 3.04 bits per heavy atom. The Labute approximate surface area is 138 Å². The van der Waals surface area contributed by atoms with Crippen LogP contribution >= 0.6 is 11.6 Å². The molecule has 0 radical (unpaired) electrons. The first kappa shape index (κ1) is 15.8. The maximum atomic E-state index is 10.8. The number of benzene rings is 1. The Morgan fingerprint density at radius 2 is 2.35 bits per heavy atom. The smallest absolute Gasteiger partial charge is 0.271 e. The first-order valence-electron chi connectivity index (χ1n) is 7.46. The minimum Gasteiger partial charge on any atom is -0.394 e. The number of nitrogens with one attached hydrogen (secondary N) is 1. The number of rotatable bonds is 5. The number of aliphatic hydroxyl groups excluding tert-OH is 1. The Kier molecular flexibility index (Phi) is 4.49. The highest BCUT2D eigenvalue weighted by Crippen LogP contribution is 2.35. The Bertz CT molecular complexity index is 732. The lowest BCUT2D eigenvalue weighted by Gasteiger charge is -2.25. The molecule has 0 saturated carbocycles. The summed E-state index contributed by atoms with van der Waals surface area (Å²) < 4.78 is 1.83.